The average Bonchev–Trinajstić information content (AvgIpc) is 2.68. The highest BCUT2D eigenvalue weighted by molar-refractivity contribution is 5.91. The Morgan fingerprint density at radius 2 is 1.75 bits per heavy atom. The van der Waals surface area contributed by atoms with Gasteiger partial charge in [0, 0.05) is 24.7 Å². The number of hydrogen-bond acceptors (Lipinski definition) is 5. The van der Waals surface area contributed by atoms with E-state index in [2.05, 4.69) is 10.6 Å². The van der Waals surface area contributed by atoms with Crippen LogP contribution in [0.25, 0.3) is 0 Å². The van der Waals surface area contributed by atoms with E-state index >= 15 is 0 Å². The summed E-state index contributed by atoms with van der Waals surface area (Å²) in [6.07, 6.45) is 0.427. The summed E-state index contributed by atoms with van der Waals surface area (Å²) < 4.78 is 10.1. The maximum absolute atomic E-state index is 12.0. The summed E-state index contributed by atoms with van der Waals surface area (Å²) in [6.45, 7) is 2.06. The minimum Gasteiger partial charge on any atom is -0.482 e. The number of carbonyl (C=O) groups excluding carboxylic acids is 3. The van der Waals surface area contributed by atoms with Crippen LogP contribution in [0.15, 0.2) is 54.6 Å². The maximum atomic E-state index is 12.0. The molecule has 0 bridgehead atoms. The van der Waals surface area contributed by atoms with Crippen LogP contribution in [0.5, 0.6) is 5.75 Å². The average molecular weight is 384 g/mol. The van der Waals surface area contributed by atoms with Gasteiger partial charge in [-0.1, -0.05) is 36.4 Å². The van der Waals surface area contributed by atoms with Crippen LogP contribution in [0.4, 0.5) is 5.69 Å². The van der Waals surface area contributed by atoms with Gasteiger partial charge in [-0.15, -0.1) is 0 Å². The van der Waals surface area contributed by atoms with Gasteiger partial charge < -0.3 is 20.1 Å². The van der Waals surface area contributed by atoms with Gasteiger partial charge in [0.1, 0.15) is 5.75 Å². The van der Waals surface area contributed by atoms with Crippen LogP contribution >= 0.6 is 0 Å². The highest BCUT2D eigenvalue weighted by Crippen LogP contribution is 2.17. The minimum atomic E-state index is -0.455. The third-order valence-corrected chi connectivity index (χ3v) is 3.66. The van der Waals surface area contributed by atoms with Crippen LogP contribution < -0.4 is 15.4 Å². The predicted molar refractivity (Wildman–Crippen MR) is 105 cm³/mol. The van der Waals surface area contributed by atoms with Crippen molar-refractivity contribution in [3.63, 3.8) is 0 Å². The van der Waals surface area contributed by atoms with Gasteiger partial charge >= 0.3 is 5.97 Å². The lowest BCUT2D eigenvalue weighted by molar-refractivity contribution is -0.145. The van der Waals surface area contributed by atoms with Crippen LogP contribution in [0.3, 0.4) is 0 Å². The summed E-state index contributed by atoms with van der Waals surface area (Å²) in [5.41, 5.74) is 1.46. The summed E-state index contributed by atoms with van der Waals surface area (Å²) in [5.74, 6) is -0.374. The fraction of sp³-hybridized carbons (Fsp3) is 0.286. The van der Waals surface area contributed by atoms with Crippen molar-refractivity contribution in [3.8, 4) is 5.75 Å². The maximum Gasteiger partial charge on any atom is 0.344 e. The molecule has 2 aromatic carbocycles. The number of amides is 2. The van der Waals surface area contributed by atoms with E-state index in [1.54, 1.807) is 31.2 Å². The summed E-state index contributed by atoms with van der Waals surface area (Å²) in [5, 5.41) is 5.46. The predicted octanol–water partition coefficient (Wildman–Crippen LogP) is 2.32. The van der Waals surface area contributed by atoms with Crippen molar-refractivity contribution in [2.24, 2.45) is 0 Å². The first-order chi connectivity index (χ1) is 13.6. The minimum absolute atomic E-state index is 0.131. The molecule has 2 aromatic rings. The molecular weight excluding hydrogens is 360 g/mol. The summed E-state index contributed by atoms with van der Waals surface area (Å²) >= 11 is 0. The summed E-state index contributed by atoms with van der Waals surface area (Å²) in [6, 6.07) is 16.1. The molecule has 7 heteroatoms. The molecule has 0 aliphatic heterocycles. The largest absolute Gasteiger partial charge is 0.482 e. The highest BCUT2D eigenvalue weighted by atomic mass is 16.6. The Bertz CT molecular complexity index is 792. The van der Waals surface area contributed by atoms with Crippen molar-refractivity contribution in [2.75, 3.05) is 25.1 Å². The van der Waals surface area contributed by atoms with Gasteiger partial charge in [0.2, 0.25) is 11.8 Å². The number of ether oxygens (including phenoxy) is 2. The molecule has 0 unspecified atom stereocenters. The molecule has 0 aliphatic carbocycles. The number of hydrogen-bond donors (Lipinski definition) is 2. The molecule has 0 aromatic heterocycles. The Balaban J connectivity index is 1.71. The molecule has 2 amide bonds. The van der Waals surface area contributed by atoms with Crippen LogP contribution in [0, 0.1) is 0 Å². The van der Waals surface area contributed by atoms with Crippen molar-refractivity contribution in [2.45, 2.75) is 19.8 Å². The topological polar surface area (TPSA) is 93.7 Å². The Hall–Kier alpha value is -3.35. The second kappa shape index (κ2) is 11.4. The highest BCUT2D eigenvalue weighted by Gasteiger charge is 2.07. The van der Waals surface area contributed by atoms with Crippen LogP contribution in [0.1, 0.15) is 18.9 Å². The fourth-order valence-electron chi connectivity index (χ4n) is 2.39. The molecule has 0 fully saturated rings. The van der Waals surface area contributed by atoms with E-state index in [4.69, 9.17) is 9.47 Å². The van der Waals surface area contributed by atoms with Crippen LogP contribution in [-0.4, -0.2) is 37.5 Å². The molecule has 0 saturated heterocycles. The molecule has 0 atom stereocenters. The third-order valence-electron chi connectivity index (χ3n) is 3.66. The standard InChI is InChI=1S/C21H24N2O5/c1-2-27-21(26)15-28-18-10-6-9-17(14-18)23-19(24)11-12-22-20(25)13-16-7-4-3-5-8-16/h3-10,14H,2,11-13,15H2,1H3,(H,22,25)(H,23,24). The van der Waals surface area contributed by atoms with E-state index in [0.29, 0.717) is 18.0 Å². The van der Waals surface area contributed by atoms with E-state index in [1.807, 2.05) is 30.3 Å². The quantitative estimate of drug-likeness (QED) is 0.613. The molecule has 28 heavy (non-hydrogen) atoms. The summed E-state index contributed by atoms with van der Waals surface area (Å²) in [7, 11) is 0. The smallest absolute Gasteiger partial charge is 0.344 e. The Labute approximate surface area is 164 Å². The molecule has 0 spiro atoms. The van der Waals surface area contributed by atoms with Gasteiger partial charge in [-0.05, 0) is 24.6 Å². The van der Waals surface area contributed by atoms with Gasteiger partial charge in [0.15, 0.2) is 6.61 Å². The molecule has 0 heterocycles. The van der Waals surface area contributed by atoms with Crippen molar-refractivity contribution in [1.29, 1.82) is 0 Å². The lowest BCUT2D eigenvalue weighted by Crippen LogP contribution is -2.28. The number of benzene rings is 2. The van der Waals surface area contributed by atoms with Crippen molar-refractivity contribution >= 4 is 23.5 Å². The van der Waals surface area contributed by atoms with Gasteiger partial charge in [-0.25, -0.2) is 4.79 Å². The first-order valence-electron chi connectivity index (χ1n) is 9.05. The van der Waals surface area contributed by atoms with Crippen LogP contribution in [-0.2, 0) is 25.5 Å². The zero-order chi connectivity index (χ0) is 20.2. The van der Waals surface area contributed by atoms with Crippen molar-refractivity contribution < 1.29 is 23.9 Å². The number of anilines is 1. The van der Waals surface area contributed by atoms with E-state index < -0.39 is 5.97 Å². The second-order valence-corrected chi connectivity index (χ2v) is 5.93. The molecule has 2 rings (SSSR count). The molecular formula is C21H24N2O5. The van der Waals surface area contributed by atoms with Gasteiger partial charge in [0.05, 0.1) is 13.0 Å². The first kappa shape index (κ1) is 21.0. The molecule has 0 saturated carbocycles. The summed E-state index contributed by atoms with van der Waals surface area (Å²) in [4.78, 5) is 35.2. The zero-order valence-corrected chi connectivity index (χ0v) is 15.8. The molecule has 0 radical (unpaired) electrons. The molecule has 2 N–H and O–H groups in total. The number of rotatable bonds is 10. The number of carbonyl (C=O) groups is 3. The number of esters is 1. The van der Waals surface area contributed by atoms with Crippen LogP contribution in [0.2, 0.25) is 0 Å². The van der Waals surface area contributed by atoms with Gasteiger partial charge in [-0.3, -0.25) is 9.59 Å². The van der Waals surface area contributed by atoms with E-state index in [0.717, 1.165) is 5.56 Å². The zero-order valence-electron chi connectivity index (χ0n) is 15.8. The van der Waals surface area contributed by atoms with E-state index in [-0.39, 0.29) is 37.8 Å². The Morgan fingerprint density at radius 1 is 0.964 bits per heavy atom. The SMILES string of the molecule is CCOC(=O)COc1cccc(NC(=O)CCNC(=O)Cc2ccccc2)c1. The monoisotopic (exact) mass is 384 g/mol. The van der Waals surface area contributed by atoms with Crippen molar-refractivity contribution in [3.05, 3.63) is 60.2 Å². The second-order valence-electron chi connectivity index (χ2n) is 5.93. The third kappa shape index (κ3) is 7.90. The Morgan fingerprint density at radius 3 is 2.50 bits per heavy atom. The van der Waals surface area contributed by atoms with Gasteiger partial charge in [-0.2, -0.15) is 0 Å². The lowest BCUT2D eigenvalue weighted by atomic mass is 10.1. The lowest BCUT2D eigenvalue weighted by Gasteiger charge is -2.09. The van der Waals surface area contributed by atoms with Crippen molar-refractivity contribution in [1.82, 2.24) is 5.32 Å². The number of nitrogens with one attached hydrogen (secondary N) is 2. The molecule has 148 valence electrons. The molecule has 7 nitrogen and oxygen atoms in total. The van der Waals surface area contributed by atoms with E-state index in [9.17, 15) is 14.4 Å². The van der Waals surface area contributed by atoms with E-state index in [1.165, 1.54) is 0 Å². The first-order valence-corrected chi connectivity index (χ1v) is 9.05. The Kier molecular flexibility index (Phi) is 8.52. The molecule has 0 aliphatic rings. The van der Waals surface area contributed by atoms with Gasteiger partial charge in [0.25, 0.3) is 0 Å². The normalized spacial score (nSPS) is 10.0. The fourth-order valence-corrected chi connectivity index (χ4v) is 2.39.